The predicted octanol–water partition coefficient (Wildman–Crippen LogP) is 3.20. The van der Waals surface area contributed by atoms with Crippen LogP contribution >= 0.6 is 12.2 Å². The molecule has 1 saturated heterocycles. The summed E-state index contributed by atoms with van der Waals surface area (Å²) in [6, 6.07) is 0.794. The van der Waals surface area contributed by atoms with Crippen molar-refractivity contribution in [1.82, 2.24) is 4.90 Å². The second-order valence-corrected chi connectivity index (χ2v) is 6.78. The summed E-state index contributed by atoms with van der Waals surface area (Å²) in [5.41, 5.74) is 5.77. The lowest BCUT2D eigenvalue weighted by molar-refractivity contribution is 0.198. The Morgan fingerprint density at radius 2 is 2.12 bits per heavy atom. The van der Waals surface area contributed by atoms with E-state index in [2.05, 4.69) is 32.6 Å². The van der Waals surface area contributed by atoms with E-state index in [4.69, 9.17) is 18.0 Å². The number of thiocarbonyl (C=S) groups is 1. The molecule has 3 heteroatoms. The van der Waals surface area contributed by atoms with E-state index < -0.39 is 0 Å². The van der Waals surface area contributed by atoms with Crippen molar-refractivity contribution >= 4 is 17.2 Å². The van der Waals surface area contributed by atoms with Gasteiger partial charge in [0.1, 0.15) is 0 Å². The topological polar surface area (TPSA) is 29.3 Å². The molecule has 0 aromatic heterocycles. The van der Waals surface area contributed by atoms with Crippen LogP contribution in [0.2, 0.25) is 0 Å². The normalized spacial score (nSPS) is 22.3. The lowest BCUT2D eigenvalue weighted by Crippen LogP contribution is -2.35. The summed E-state index contributed by atoms with van der Waals surface area (Å²) in [6.45, 7) is 11.5. The van der Waals surface area contributed by atoms with Gasteiger partial charge in [0.05, 0.1) is 4.99 Å². The Labute approximate surface area is 112 Å². The van der Waals surface area contributed by atoms with E-state index in [1.54, 1.807) is 0 Å². The number of nitrogens with two attached hydrogens (primary N) is 1. The third kappa shape index (κ3) is 4.22. The zero-order chi connectivity index (χ0) is 13.1. The Morgan fingerprint density at radius 1 is 1.47 bits per heavy atom. The maximum atomic E-state index is 5.76. The average Bonchev–Trinajstić information content (AvgIpc) is 2.65. The molecule has 100 valence electrons. The second kappa shape index (κ2) is 6.14. The molecule has 0 saturated carbocycles. The van der Waals surface area contributed by atoms with Crippen molar-refractivity contribution in [3.05, 3.63) is 0 Å². The first kappa shape index (κ1) is 14.9. The fraction of sp³-hybridized carbons (Fsp3) is 0.929. The Hall–Kier alpha value is -0.150. The molecule has 1 aliphatic heterocycles. The molecule has 1 unspecified atom stereocenters. The number of rotatable bonds is 6. The number of hydrogen-bond donors (Lipinski definition) is 1. The quantitative estimate of drug-likeness (QED) is 0.740. The first-order valence-electron chi connectivity index (χ1n) is 6.88. The molecule has 0 aromatic rings. The summed E-state index contributed by atoms with van der Waals surface area (Å²) in [4.78, 5) is 3.31. The van der Waals surface area contributed by atoms with Crippen molar-refractivity contribution in [2.75, 3.05) is 13.1 Å². The van der Waals surface area contributed by atoms with E-state index in [0.717, 1.165) is 18.4 Å². The van der Waals surface area contributed by atoms with E-state index in [1.807, 2.05) is 0 Å². The highest BCUT2D eigenvalue weighted by Crippen LogP contribution is 2.27. The molecule has 2 nitrogen and oxygen atoms in total. The highest BCUT2D eigenvalue weighted by atomic mass is 32.1. The van der Waals surface area contributed by atoms with Crippen molar-refractivity contribution < 1.29 is 0 Å². The van der Waals surface area contributed by atoms with Gasteiger partial charge in [0.25, 0.3) is 0 Å². The molecular weight excluding hydrogens is 228 g/mol. The fourth-order valence-electron chi connectivity index (χ4n) is 2.73. The van der Waals surface area contributed by atoms with Gasteiger partial charge in [-0.1, -0.05) is 39.9 Å². The van der Waals surface area contributed by atoms with Crippen LogP contribution in [0.25, 0.3) is 0 Å². The van der Waals surface area contributed by atoms with Gasteiger partial charge in [-0.2, -0.15) is 0 Å². The van der Waals surface area contributed by atoms with Gasteiger partial charge in [0.2, 0.25) is 0 Å². The van der Waals surface area contributed by atoms with Crippen LogP contribution in [0.3, 0.4) is 0 Å². The van der Waals surface area contributed by atoms with Crippen molar-refractivity contribution in [3.8, 4) is 0 Å². The van der Waals surface area contributed by atoms with Crippen molar-refractivity contribution in [2.24, 2.45) is 17.1 Å². The molecular formula is C14H28N2S. The highest BCUT2D eigenvalue weighted by Gasteiger charge is 2.27. The Balaban J connectivity index is 2.34. The van der Waals surface area contributed by atoms with Crippen LogP contribution in [0.15, 0.2) is 0 Å². The van der Waals surface area contributed by atoms with E-state index in [-0.39, 0.29) is 5.41 Å². The predicted molar refractivity (Wildman–Crippen MR) is 79.2 cm³/mol. The van der Waals surface area contributed by atoms with Crippen LogP contribution in [-0.2, 0) is 0 Å². The molecule has 1 aliphatic rings. The molecule has 2 N–H and O–H groups in total. The fourth-order valence-corrected chi connectivity index (χ4v) is 2.83. The first-order chi connectivity index (χ1) is 7.84. The third-order valence-electron chi connectivity index (χ3n) is 4.10. The van der Waals surface area contributed by atoms with Crippen LogP contribution in [0, 0.1) is 11.3 Å². The Kier molecular flexibility index (Phi) is 5.39. The van der Waals surface area contributed by atoms with Crippen molar-refractivity contribution in [3.63, 3.8) is 0 Å². The molecule has 1 atom stereocenters. The highest BCUT2D eigenvalue weighted by molar-refractivity contribution is 7.80. The van der Waals surface area contributed by atoms with Crippen LogP contribution in [0.5, 0.6) is 0 Å². The van der Waals surface area contributed by atoms with Gasteiger partial charge in [-0.15, -0.1) is 0 Å². The maximum Gasteiger partial charge on any atom is 0.0784 e. The van der Waals surface area contributed by atoms with Gasteiger partial charge in [-0.05, 0) is 44.7 Å². The summed E-state index contributed by atoms with van der Waals surface area (Å²) in [5.74, 6) is 0.779. The number of hydrogen-bond acceptors (Lipinski definition) is 2. The molecule has 0 aromatic carbocycles. The minimum absolute atomic E-state index is 0.0163. The molecule has 17 heavy (non-hydrogen) atoms. The summed E-state index contributed by atoms with van der Waals surface area (Å²) >= 11 is 5.11. The number of nitrogens with zero attached hydrogens (tertiary/aromatic N) is 1. The second-order valence-electron chi connectivity index (χ2n) is 6.34. The maximum absolute atomic E-state index is 5.76. The lowest BCUT2D eigenvalue weighted by atomic mass is 9.87. The third-order valence-corrected chi connectivity index (χ3v) is 4.65. The monoisotopic (exact) mass is 256 g/mol. The van der Waals surface area contributed by atoms with E-state index in [0.29, 0.717) is 4.99 Å². The summed E-state index contributed by atoms with van der Waals surface area (Å²) in [5, 5.41) is 0. The van der Waals surface area contributed by atoms with Gasteiger partial charge >= 0.3 is 0 Å². The van der Waals surface area contributed by atoms with Crippen molar-refractivity contribution in [2.45, 2.75) is 59.4 Å². The molecule has 0 radical (unpaired) electrons. The molecule has 0 aliphatic carbocycles. The van der Waals surface area contributed by atoms with Gasteiger partial charge in [-0.25, -0.2) is 0 Å². The van der Waals surface area contributed by atoms with Crippen LogP contribution < -0.4 is 5.73 Å². The van der Waals surface area contributed by atoms with E-state index >= 15 is 0 Å². The largest absolute Gasteiger partial charge is 0.393 e. The number of likely N-dealkylation sites (tertiary alicyclic amines) is 1. The Morgan fingerprint density at radius 3 is 2.65 bits per heavy atom. The van der Waals surface area contributed by atoms with Gasteiger partial charge in [0.15, 0.2) is 0 Å². The lowest BCUT2D eigenvalue weighted by Gasteiger charge is -2.29. The minimum atomic E-state index is 0.0163. The van der Waals surface area contributed by atoms with Gasteiger partial charge < -0.3 is 10.6 Å². The zero-order valence-electron chi connectivity index (χ0n) is 11.8. The minimum Gasteiger partial charge on any atom is -0.393 e. The molecule has 1 fully saturated rings. The molecule has 1 heterocycles. The standard InChI is InChI=1S/C14H28N2S/c1-11(2)12-7-5-9-16(12)10-6-8-14(3,4)13(15)17/h11-12H,5-10H2,1-4H3,(H2,15,17). The van der Waals surface area contributed by atoms with E-state index in [1.165, 1.54) is 32.4 Å². The average molecular weight is 256 g/mol. The van der Waals surface area contributed by atoms with E-state index in [9.17, 15) is 0 Å². The first-order valence-corrected chi connectivity index (χ1v) is 7.29. The summed E-state index contributed by atoms with van der Waals surface area (Å²) in [6.07, 6.45) is 5.04. The van der Waals surface area contributed by atoms with Crippen LogP contribution in [0.1, 0.15) is 53.4 Å². The smallest absolute Gasteiger partial charge is 0.0784 e. The zero-order valence-corrected chi connectivity index (χ0v) is 12.6. The summed E-state index contributed by atoms with van der Waals surface area (Å²) in [7, 11) is 0. The summed E-state index contributed by atoms with van der Waals surface area (Å²) < 4.78 is 0. The molecule has 0 amide bonds. The van der Waals surface area contributed by atoms with Crippen LogP contribution in [-0.4, -0.2) is 29.0 Å². The van der Waals surface area contributed by atoms with Gasteiger partial charge in [0, 0.05) is 11.5 Å². The van der Waals surface area contributed by atoms with Crippen molar-refractivity contribution in [1.29, 1.82) is 0 Å². The molecule has 0 bridgehead atoms. The van der Waals surface area contributed by atoms with Gasteiger partial charge in [-0.3, -0.25) is 0 Å². The SMILES string of the molecule is CC(C)C1CCCN1CCCC(C)(C)C(N)=S. The molecule has 1 rings (SSSR count). The Bertz CT molecular complexity index is 261. The van der Waals surface area contributed by atoms with Crippen LogP contribution in [0.4, 0.5) is 0 Å². The molecule has 0 spiro atoms.